The number of thioether (sulfide) groups is 2. The number of aliphatic hydroxyl groups is 1. The summed E-state index contributed by atoms with van der Waals surface area (Å²) in [6, 6.07) is 16.9. The molecule has 0 aliphatic carbocycles. The van der Waals surface area contributed by atoms with Gasteiger partial charge >= 0.3 is 0 Å². The third kappa shape index (κ3) is 8.25. The van der Waals surface area contributed by atoms with Crippen molar-refractivity contribution in [1.29, 1.82) is 0 Å². The first kappa shape index (κ1) is 22.8. The molecule has 2 aromatic carbocycles. The molecule has 0 radical (unpaired) electrons. The second kappa shape index (κ2) is 12.9. The predicted molar refractivity (Wildman–Crippen MR) is 118 cm³/mol. The molecule has 2 rings (SSSR count). The fourth-order valence-corrected chi connectivity index (χ4v) is 4.70. The van der Waals surface area contributed by atoms with E-state index in [1.165, 1.54) is 11.6 Å². The van der Waals surface area contributed by atoms with Gasteiger partial charge in [0.05, 0.1) is 5.37 Å². The molecule has 0 fully saturated rings. The molecule has 0 aliphatic rings. The maximum atomic E-state index is 14.1. The second-order valence-electron chi connectivity index (χ2n) is 6.58. The Hall–Kier alpha value is -1.50. The molecule has 2 unspecified atom stereocenters. The number of carbonyl (C=O) groups is 1. The molecule has 2 aromatic rings. The lowest BCUT2D eigenvalue weighted by Gasteiger charge is -2.20. The van der Waals surface area contributed by atoms with Gasteiger partial charge in [-0.05, 0) is 42.7 Å². The highest BCUT2D eigenvalue weighted by molar-refractivity contribution is 7.99. The number of aliphatic hydroxyl groups excluding tert-OH is 1. The number of nitrogens with one attached hydrogen (secondary N) is 1. The van der Waals surface area contributed by atoms with E-state index in [4.69, 9.17) is 5.11 Å². The molecular weight excluding hydrogens is 393 g/mol. The molecule has 0 saturated carbocycles. The average molecular weight is 422 g/mol. The Balaban J connectivity index is 2.00. The molecular formula is C22H28FNO2S2. The minimum absolute atomic E-state index is 0.00659. The van der Waals surface area contributed by atoms with Crippen molar-refractivity contribution in [3.63, 3.8) is 0 Å². The molecule has 1 amide bonds. The van der Waals surface area contributed by atoms with Crippen LogP contribution in [0.3, 0.4) is 0 Å². The van der Waals surface area contributed by atoms with Gasteiger partial charge < -0.3 is 10.4 Å². The van der Waals surface area contributed by atoms with E-state index >= 15 is 0 Å². The lowest BCUT2D eigenvalue weighted by Crippen LogP contribution is -2.34. The Morgan fingerprint density at radius 1 is 1.14 bits per heavy atom. The van der Waals surface area contributed by atoms with Crippen LogP contribution in [-0.4, -0.2) is 34.5 Å². The molecule has 152 valence electrons. The molecule has 0 spiro atoms. The lowest BCUT2D eigenvalue weighted by atomic mass is 10.1. The smallest absolute Gasteiger partial charge is 0.221 e. The summed E-state index contributed by atoms with van der Waals surface area (Å²) in [4.78, 5) is 12.6. The molecule has 28 heavy (non-hydrogen) atoms. The first-order valence-corrected chi connectivity index (χ1v) is 11.8. The van der Waals surface area contributed by atoms with Gasteiger partial charge in [0.1, 0.15) is 5.82 Å². The summed E-state index contributed by atoms with van der Waals surface area (Å²) < 4.78 is 14.1. The molecule has 0 saturated heterocycles. The maximum absolute atomic E-state index is 14.1. The van der Waals surface area contributed by atoms with Gasteiger partial charge in [-0.25, -0.2) is 4.39 Å². The molecule has 0 aliphatic heterocycles. The summed E-state index contributed by atoms with van der Waals surface area (Å²) in [6.45, 7) is 0.121. The Morgan fingerprint density at radius 3 is 2.54 bits per heavy atom. The molecule has 2 atom stereocenters. The van der Waals surface area contributed by atoms with Gasteiger partial charge in [0.25, 0.3) is 0 Å². The van der Waals surface area contributed by atoms with E-state index in [-0.39, 0.29) is 29.0 Å². The summed E-state index contributed by atoms with van der Waals surface area (Å²) >= 11 is 3.26. The highest BCUT2D eigenvalue weighted by atomic mass is 32.2. The van der Waals surface area contributed by atoms with Gasteiger partial charge in [0.2, 0.25) is 5.91 Å². The monoisotopic (exact) mass is 421 g/mol. The average Bonchev–Trinajstić information content (AvgIpc) is 2.71. The number of rotatable bonds is 12. The zero-order chi connectivity index (χ0) is 20.2. The van der Waals surface area contributed by atoms with Crippen molar-refractivity contribution in [2.45, 2.75) is 42.1 Å². The molecule has 0 aromatic heterocycles. The fourth-order valence-electron chi connectivity index (χ4n) is 2.86. The standard InChI is InChI=1S/C22H28FNO2S2/c1-27-22(12-7-13-25)24-21(26)15-19(14-18-10-5-6-11-20(18)23)28-16-17-8-3-2-4-9-17/h2-6,8-11,19,22,25H,7,12-16H2,1H3,(H,24,26). The van der Waals surface area contributed by atoms with E-state index in [0.29, 0.717) is 24.8 Å². The van der Waals surface area contributed by atoms with Crippen molar-refractivity contribution in [3.8, 4) is 0 Å². The maximum Gasteiger partial charge on any atom is 0.221 e. The summed E-state index contributed by atoms with van der Waals surface area (Å²) in [5, 5.41) is 12.0. The summed E-state index contributed by atoms with van der Waals surface area (Å²) in [5.41, 5.74) is 1.83. The summed E-state index contributed by atoms with van der Waals surface area (Å²) in [7, 11) is 0. The Morgan fingerprint density at radius 2 is 1.86 bits per heavy atom. The van der Waals surface area contributed by atoms with Crippen molar-refractivity contribution in [2.24, 2.45) is 0 Å². The number of halogens is 1. The third-order valence-electron chi connectivity index (χ3n) is 4.38. The van der Waals surface area contributed by atoms with Gasteiger partial charge in [-0.3, -0.25) is 4.79 Å². The van der Waals surface area contributed by atoms with Crippen molar-refractivity contribution in [2.75, 3.05) is 12.9 Å². The molecule has 6 heteroatoms. The zero-order valence-electron chi connectivity index (χ0n) is 16.1. The Labute approximate surface area is 175 Å². The summed E-state index contributed by atoms with van der Waals surface area (Å²) in [5.74, 6) is 0.529. The van der Waals surface area contributed by atoms with Crippen molar-refractivity contribution >= 4 is 29.4 Å². The van der Waals surface area contributed by atoms with Crippen LogP contribution < -0.4 is 5.32 Å². The van der Waals surface area contributed by atoms with Crippen molar-refractivity contribution in [1.82, 2.24) is 5.32 Å². The third-order valence-corrected chi connectivity index (χ3v) is 6.61. The minimum atomic E-state index is -0.224. The molecule has 0 heterocycles. The van der Waals surface area contributed by atoms with Gasteiger partial charge in [0.15, 0.2) is 0 Å². The number of hydrogen-bond donors (Lipinski definition) is 2. The number of benzene rings is 2. The van der Waals surface area contributed by atoms with Crippen LogP contribution in [0.4, 0.5) is 4.39 Å². The molecule has 0 bridgehead atoms. The van der Waals surface area contributed by atoms with Crippen LogP contribution in [0, 0.1) is 5.82 Å². The first-order chi connectivity index (χ1) is 13.6. The van der Waals surface area contributed by atoms with E-state index in [0.717, 1.165) is 12.2 Å². The Kier molecular flexibility index (Phi) is 10.5. The predicted octanol–water partition coefficient (Wildman–Crippen LogP) is 4.64. The van der Waals surface area contributed by atoms with Gasteiger partial charge in [0, 0.05) is 24.0 Å². The largest absolute Gasteiger partial charge is 0.396 e. The van der Waals surface area contributed by atoms with E-state index in [2.05, 4.69) is 17.4 Å². The number of amides is 1. The van der Waals surface area contributed by atoms with Crippen molar-refractivity contribution < 1.29 is 14.3 Å². The fraction of sp³-hybridized carbons (Fsp3) is 0.409. The van der Waals surface area contributed by atoms with Crippen LogP contribution in [0.15, 0.2) is 54.6 Å². The van der Waals surface area contributed by atoms with Crippen LogP contribution in [-0.2, 0) is 17.0 Å². The minimum Gasteiger partial charge on any atom is -0.396 e. The van der Waals surface area contributed by atoms with Crippen LogP contribution in [0.1, 0.15) is 30.4 Å². The highest BCUT2D eigenvalue weighted by Gasteiger charge is 2.19. The van der Waals surface area contributed by atoms with E-state index in [9.17, 15) is 9.18 Å². The van der Waals surface area contributed by atoms with Crippen LogP contribution in [0.2, 0.25) is 0 Å². The molecule has 3 nitrogen and oxygen atoms in total. The summed E-state index contributed by atoms with van der Waals surface area (Å²) in [6.07, 6.45) is 4.19. The Bertz CT molecular complexity index is 715. The normalized spacial score (nSPS) is 13.1. The van der Waals surface area contributed by atoms with Crippen LogP contribution in [0.5, 0.6) is 0 Å². The lowest BCUT2D eigenvalue weighted by molar-refractivity contribution is -0.121. The van der Waals surface area contributed by atoms with Crippen molar-refractivity contribution in [3.05, 3.63) is 71.5 Å². The SMILES string of the molecule is CSC(CCCO)NC(=O)CC(Cc1ccccc1F)SCc1ccccc1. The zero-order valence-corrected chi connectivity index (χ0v) is 17.8. The van der Waals surface area contributed by atoms with E-state index < -0.39 is 0 Å². The topological polar surface area (TPSA) is 49.3 Å². The van der Waals surface area contributed by atoms with E-state index in [1.807, 2.05) is 30.5 Å². The van der Waals surface area contributed by atoms with Crippen LogP contribution >= 0.6 is 23.5 Å². The van der Waals surface area contributed by atoms with E-state index in [1.54, 1.807) is 35.7 Å². The number of hydrogen-bond acceptors (Lipinski definition) is 4. The van der Waals surface area contributed by atoms with Gasteiger partial charge in [-0.1, -0.05) is 48.5 Å². The quantitative estimate of drug-likeness (QED) is 0.490. The number of carbonyl (C=O) groups excluding carboxylic acids is 1. The van der Waals surface area contributed by atoms with Gasteiger partial charge in [-0.2, -0.15) is 11.8 Å². The first-order valence-electron chi connectivity index (χ1n) is 9.44. The molecule has 2 N–H and O–H groups in total. The van der Waals surface area contributed by atoms with Gasteiger partial charge in [-0.15, -0.1) is 11.8 Å². The second-order valence-corrected chi connectivity index (χ2v) is 8.91. The highest BCUT2D eigenvalue weighted by Crippen LogP contribution is 2.25. The van der Waals surface area contributed by atoms with Crippen LogP contribution in [0.25, 0.3) is 0 Å².